The predicted molar refractivity (Wildman–Crippen MR) is 184 cm³/mol. The monoisotopic (exact) mass is 696 g/mol. The van der Waals surface area contributed by atoms with Crippen LogP contribution in [0.1, 0.15) is 56.9 Å². The summed E-state index contributed by atoms with van der Waals surface area (Å²) in [6.07, 6.45) is 6.60. The lowest BCUT2D eigenvalue weighted by Crippen LogP contribution is -2.66. The second-order valence-corrected chi connectivity index (χ2v) is 17.4. The molecule has 0 unspecified atom stereocenters. The fourth-order valence-corrected chi connectivity index (χ4v) is 11.0. The number of methoxy groups -OCH3 is 1. The third-order valence-electron chi connectivity index (χ3n) is 12.2. The highest BCUT2D eigenvalue weighted by atomic mass is 32.2. The van der Waals surface area contributed by atoms with E-state index in [1.165, 1.54) is 13.2 Å². The van der Waals surface area contributed by atoms with E-state index in [0.29, 0.717) is 37.4 Å². The van der Waals surface area contributed by atoms with Gasteiger partial charge in [0, 0.05) is 43.3 Å². The summed E-state index contributed by atoms with van der Waals surface area (Å²) in [7, 11) is -1.89. The lowest BCUT2D eigenvalue weighted by Gasteiger charge is -2.55. The van der Waals surface area contributed by atoms with Crippen molar-refractivity contribution in [2.24, 2.45) is 17.3 Å². The molecule has 12 heteroatoms. The summed E-state index contributed by atoms with van der Waals surface area (Å²) in [4.78, 5) is 32.3. The normalized spacial score (nSPS) is 26.0. The Balaban J connectivity index is 1.08. The van der Waals surface area contributed by atoms with Crippen molar-refractivity contribution in [2.45, 2.75) is 73.0 Å². The first-order chi connectivity index (χ1) is 23.5. The van der Waals surface area contributed by atoms with Gasteiger partial charge in [-0.25, -0.2) is 17.6 Å². The molecular weight excluding hydrogens is 647 g/mol. The molecule has 0 spiro atoms. The van der Waals surface area contributed by atoms with Crippen molar-refractivity contribution < 1.29 is 32.2 Å². The van der Waals surface area contributed by atoms with Crippen molar-refractivity contribution in [2.75, 3.05) is 64.4 Å². The highest BCUT2D eigenvalue weighted by molar-refractivity contribution is 7.92. The molecular formula is C37H49FN4O6S. The van der Waals surface area contributed by atoms with Gasteiger partial charge in [0.1, 0.15) is 11.2 Å². The topological polar surface area (TPSA) is 119 Å². The minimum atomic E-state index is -3.27. The molecule has 3 aliphatic heterocycles. The average Bonchev–Trinajstić information content (AvgIpc) is 3.83. The third-order valence-corrected chi connectivity index (χ3v) is 14.5. The van der Waals surface area contributed by atoms with Crippen molar-refractivity contribution in [3.63, 3.8) is 0 Å². The zero-order valence-electron chi connectivity index (χ0n) is 28.4. The zero-order chi connectivity index (χ0) is 34.4. The fourth-order valence-electron chi connectivity index (χ4n) is 9.36. The van der Waals surface area contributed by atoms with Crippen molar-refractivity contribution in [1.82, 2.24) is 15.1 Å². The summed E-state index contributed by atoms with van der Waals surface area (Å²) in [5.74, 6) is -0.731. The van der Waals surface area contributed by atoms with Gasteiger partial charge < -0.3 is 29.9 Å². The van der Waals surface area contributed by atoms with Gasteiger partial charge in [-0.3, -0.25) is 4.79 Å². The van der Waals surface area contributed by atoms with Gasteiger partial charge in [0.2, 0.25) is 0 Å². The van der Waals surface area contributed by atoms with Crippen LogP contribution in [0.3, 0.4) is 0 Å². The Morgan fingerprint density at radius 2 is 1.67 bits per heavy atom. The third kappa shape index (κ3) is 6.56. The van der Waals surface area contributed by atoms with E-state index in [1.807, 2.05) is 4.90 Å². The van der Waals surface area contributed by atoms with E-state index < -0.39 is 27.3 Å². The molecule has 3 atom stereocenters. The number of alkyl carbamates (subject to hydrolysis) is 1. The number of hydrogen-bond donors (Lipinski definition) is 2. The number of carbonyl (C=O) groups is 2. The Kier molecular flexibility index (Phi) is 9.42. The molecule has 2 N–H and O–H groups in total. The van der Waals surface area contributed by atoms with Crippen LogP contribution < -0.4 is 10.2 Å². The van der Waals surface area contributed by atoms with Crippen LogP contribution in [0.4, 0.5) is 14.9 Å². The van der Waals surface area contributed by atoms with Crippen LogP contribution in [0.15, 0.2) is 53.4 Å². The number of hydrogen-bond acceptors (Lipinski definition) is 8. The number of nitrogens with zero attached hydrogens (tertiary/aromatic N) is 3. The molecule has 2 aliphatic carbocycles. The van der Waals surface area contributed by atoms with Gasteiger partial charge in [-0.05, 0) is 125 Å². The Morgan fingerprint density at radius 1 is 0.959 bits per heavy atom. The van der Waals surface area contributed by atoms with Gasteiger partial charge in [-0.2, -0.15) is 0 Å². The molecule has 7 rings (SSSR count). The molecule has 266 valence electrons. The number of carboxylic acids is 1. The molecule has 0 radical (unpaired) electrons. The van der Waals surface area contributed by atoms with Crippen molar-refractivity contribution in [3.8, 4) is 0 Å². The van der Waals surface area contributed by atoms with Gasteiger partial charge in [0.25, 0.3) is 0 Å². The number of amides is 1. The molecule has 2 aromatic rings. The standard InChI is InChI=1S/C37H49FN4O6S/c1-48-35(45)39-33-8-3-7-32(33)37(25-40-17-4-18-40,27-5-2-6-28(38)21-27)26-15-19-41(20-16-26)22-36(34(43)44)23-42(24-36)29-9-11-30(12-10-29)49(46,47)31-13-14-31/h2,5-6,9-12,21,26,31-33H,3-4,7-8,13-20,22-25H2,1H3,(H,39,45)(H,43,44)/t32-,33-,37-/m0/s1. The van der Waals surface area contributed by atoms with E-state index in [0.717, 1.165) is 82.5 Å². The highest BCUT2D eigenvalue weighted by Gasteiger charge is 2.55. The first kappa shape index (κ1) is 34.2. The Bertz CT molecular complexity index is 1630. The SMILES string of the molecule is COC(=O)N[C@H]1CCC[C@@H]1[C@](CN1CCC1)(c1cccc(F)c1)C1CCN(CC2(C(=O)O)CN(c3ccc(S(=O)(=O)C4CC4)cc3)C2)CC1. The maximum Gasteiger partial charge on any atom is 0.407 e. The summed E-state index contributed by atoms with van der Waals surface area (Å²) in [5.41, 5.74) is 0.536. The van der Waals surface area contributed by atoms with Crippen LogP contribution in [-0.4, -0.2) is 106 Å². The largest absolute Gasteiger partial charge is 0.481 e. The summed E-state index contributed by atoms with van der Waals surface area (Å²) in [6, 6.07) is 13.9. The summed E-state index contributed by atoms with van der Waals surface area (Å²) in [6.45, 7) is 5.47. The number of rotatable bonds is 12. The zero-order valence-corrected chi connectivity index (χ0v) is 29.2. The van der Waals surface area contributed by atoms with Gasteiger partial charge in [-0.1, -0.05) is 18.6 Å². The van der Waals surface area contributed by atoms with Crippen molar-refractivity contribution in [3.05, 3.63) is 59.9 Å². The predicted octanol–water partition coefficient (Wildman–Crippen LogP) is 4.53. The molecule has 3 saturated heterocycles. The number of carboxylic acid groups (broad SMARTS) is 1. The summed E-state index contributed by atoms with van der Waals surface area (Å²) < 4.78 is 45.3. The maximum absolute atomic E-state index is 15.0. The Morgan fingerprint density at radius 3 is 2.27 bits per heavy atom. The minimum Gasteiger partial charge on any atom is -0.481 e. The molecule has 1 amide bonds. The van der Waals surface area contributed by atoms with E-state index in [2.05, 4.69) is 21.2 Å². The van der Waals surface area contributed by atoms with E-state index in [9.17, 15) is 27.5 Å². The van der Waals surface area contributed by atoms with Crippen LogP contribution in [-0.2, 0) is 24.8 Å². The van der Waals surface area contributed by atoms with Gasteiger partial charge in [0.05, 0.1) is 17.3 Å². The Labute approximate surface area is 288 Å². The number of likely N-dealkylation sites (tertiary alicyclic amines) is 2. The lowest BCUT2D eigenvalue weighted by molar-refractivity contribution is -0.152. The van der Waals surface area contributed by atoms with Crippen LogP contribution in [0.25, 0.3) is 0 Å². The van der Waals surface area contributed by atoms with Gasteiger partial charge >= 0.3 is 12.1 Å². The van der Waals surface area contributed by atoms with E-state index >= 15 is 0 Å². The molecule has 10 nitrogen and oxygen atoms in total. The van der Waals surface area contributed by atoms with E-state index in [4.69, 9.17) is 4.74 Å². The lowest BCUT2D eigenvalue weighted by atomic mass is 9.57. The fraction of sp³-hybridized carbons (Fsp3) is 0.622. The molecule has 5 aliphatic rings. The van der Waals surface area contributed by atoms with Crippen LogP contribution >= 0.6 is 0 Å². The maximum atomic E-state index is 15.0. The quantitative estimate of drug-likeness (QED) is 0.330. The molecule has 0 bridgehead atoms. The van der Waals surface area contributed by atoms with Crippen LogP contribution in [0.2, 0.25) is 0 Å². The number of sulfone groups is 1. The number of carbonyl (C=O) groups excluding carboxylic acids is 1. The number of anilines is 1. The minimum absolute atomic E-state index is 0.0749. The van der Waals surface area contributed by atoms with Crippen LogP contribution in [0.5, 0.6) is 0 Å². The van der Waals surface area contributed by atoms with E-state index in [-0.39, 0.29) is 34.4 Å². The number of nitrogens with one attached hydrogen (secondary N) is 1. The summed E-state index contributed by atoms with van der Waals surface area (Å²) in [5, 5.41) is 13.3. The molecule has 2 saturated carbocycles. The number of aliphatic carboxylic acids is 1. The summed E-state index contributed by atoms with van der Waals surface area (Å²) >= 11 is 0. The molecule has 0 aromatic heterocycles. The van der Waals surface area contributed by atoms with Gasteiger partial charge in [-0.15, -0.1) is 0 Å². The molecule has 2 aromatic carbocycles. The molecule has 3 heterocycles. The molecule has 49 heavy (non-hydrogen) atoms. The number of benzene rings is 2. The highest BCUT2D eigenvalue weighted by Crippen LogP contribution is 2.52. The van der Waals surface area contributed by atoms with Gasteiger partial charge in [0.15, 0.2) is 9.84 Å². The van der Waals surface area contributed by atoms with Crippen molar-refractivity contribution >= 4 is 27.6 Å². The van der Waals surface area contributed by atoms with E-state index in [1.54, 1.807) is 36.4 Å². The van der Waals surface area contributed by atoms with Crippen LogP contribution in [0, 0.1) is 23.1 Å². The average molecular weight is 697 g/mol. The first-order valence-corrected chi connectivity index (χ1v) is 19.5. The number of halogens is 1. The first-order valence-electron chi connectivity index (χ1n) is 17.9. The number of ether oxygens (including phenoxy) is 1. The molecule has 5 fully saturated rings. The second kappa shape index (κ2) is 13.5. The smallest absolute Gasteiger partial charge is 0.407 e. The van der Waals surface area contributed by atoms with Crippen molar-refractivity contribution in [1.29, 1.82) is 0 Å². The Hall–Kier alpha value is -3.22. The number of piperidine rings is 1. The second-order valence-electron chi connectivity index (χ2n) is 15.2.